The molecule has 0 saturated carbocycles. The van der Waals surface area contributed by atoms with Crippen molar-refractivity contribution < 1.29 is 9.53 Å². The third kappa shape index (κ3) is 5.49. The van der Waals surface area contributed by atoms with Crippen molar-refractivity contribution in [3.8, 4) is 11.1 Å². The third-order valence-electron chi connectivity index (χ3n) is 6.85. The molecule has 5 aromatic rings. The number of pyridine rings is 1. The number of hydrogen-bond acceptors (Lipinski definition) is 5. The van der Waals surface area contributed by atoms with Gasteiger partial charge < -0.3 is 10.1 Å². The van der Waals surface area contributed by atoms with Crippen molar-refractivity contribution in [1.82, 2.24) is 20.1 Å². The van der Waals surface area contributed by atoms with E-state index in [4.69, 9.17) is 4.74 Å². The molecule has 0 atom stereocenters. The van der Waals surface area contributed by atoms with E-state index in [-0.39, 0.29) is 5.91 Å². The average Bonchev–Trinajstić information content (AvgIpc) is 3.38. The smallest absolute Gasteiger partial charge is 0.276 e. The normalized spacial score (nSPS) is 14.0. The maximum atomic E-state index is 13.3. The van der Waals surface area contributed by atoms with Crippen LogP contribution in [0.15, 0.2) is 91.3 Å². The Morgan fingerprint density at radius 2 is 1.71 bits per heavy atom. The van der Waals surface area contributed by atoms with Gasteiger partial charge in [0.05, 0.1) is 18.7 Å². The average molecular weight is 504 g/mol. The minimum Gasteiger partial charge on any atom is -0.379 e. The molecule has 1 saturated heterocycles. The maximum Gasteiger partial charge on any atom is 0.276 e. The summed E-state index contributed by atoms with van der Waals surface area (Å²) in [6.45, 7) is 4.24. The molecule has 1 aliphatic rings. The number of nitrogens with zero attached hydrogens (tertiary/aromatic N) is 3. The number of H-pyrrole nitrogens is 1. The predicted molar refractivity (Wildman–Crippen MR) is 149 cm³/mol. The van der Waals surface area contributed by atoms with E-state index in [1.807, 2.05) is 67.0 Å². The van der Waals surface area contributed by atoms with Crippen LogP contribution in [0.2, 0.25) is 0 Å². The van der Waals surface area contributed by atoms with Crippen molar-refractivity contribution in [1.29, 1.82) is 0 Å². The summed E-state index contributed by atoms with van der Waals surface area (Å²) in [5.74, 6) is -0.246. The molecule has 3 heterocycles. The number of anilines is 1. The molecule has 38 heavy (non-hydrogen) atoms. The van der Waals surface area contributed by atoms with E-state index in [1.54, 1.807) is 0 Å². The largest absolute Gasteiger partial charge is 0.379 e. The fourth-order valence-corrected chi connectivity index (χ4v) is 4.90. The predicted octanol–water partition coefficient (Wildman–Crippen LogP) is 5.30. The van der Waals surface area contributed by atoms with Crippen molar-refractivity contribution in [3.63, 3.8) is 0 Å². The summed E-state index contributed by atoms with van der Waals surface area (Å²) in [5, 5.41) is 11.1. The molecule has 7 heteroatoms. The highest BCUT2D eigenvalue weighted by Gasteiger charge is 2.16. The van der Waals surface area contributed by atoms with Crippen molar-refractivity contribution in [2.75, 3.05) is 31.6 Å². The Hall–Kier alpha value is -4.33. The van der Waals surface area contributed by atoms with Gasteiger partial charge in [-0.15, -0.1) is 0 Å². The topological polar surface area (TPSA) is 83.1 Å². The zero-order chi connectivity index (χ0) is 25.7. The van der Waals surface area contributed by atoms with Crippen LogP contribution in [0, 0.1) is 0 Å². The van der Waals surface area contributed by atoms with Crippen LogP contribution in [0.25, 0.3) is 22.0 Å². The van der Waals surface area contributed by atoms with Gasteiger partial charge in [-0.3, -0.25) is 19.8 Å². The van der Waals surface area contributed by atoms with Crippen LogP contribution >= 0.6 is 0 Å². The number of fused-ring (bicyclic) bond motifs is 1. The fraction of sp³-hybridized carbons (Fsp3) is 0.194. The molecule has 0 spiro atoms. The second-order valence-corrected chi connectivity index (χ2v) is 9.62. The molecule has 0 unspecified atom stereocenters. The van der Waals surface area contributed by atoms with E-state index in [1.165, 1.54) is 5.56 Å². The highest BCUT2D eigenvalue weighted by molar-refractivity contribution is 6.11. The summed E-state index contributed by atoms with van der Waals surface area (Å²) >= 11 is 0. The van der Waals surface area contributed by atoms with E-state index >= 15 is 0 Å². The molecule has 0 radical (unpaired) electrons. The molecule has 0 aliphatic carbocycles. The summed E-state index contributed by atoms with van der Waals surface area (Å²) in [5.41, 5.74) is 7.45. The number of aromatic nitrogens is 3. The Balaban J connectivity index is 1.21. The van der Waals surface area contributed by atoms with Gasteiger partial charge in [0.25, 0.3) is 5.91 Å². The van der Waals surface area contributed by atoms with Gasteiger partial charge in [-0.2, -0.15) is 5.10 Å². The monoisotopic (exact) mass is 503 g/mol. The summed E-state index contributed by atoms with van der Waals surface area (Å²) in [7, 11) is 0. The van der Waals surface area contributed by atoms with Crippen LogP contribution in [-0.4, -0.2) is 52.3 Å². The van der Waals surface area contributed by atoms with Crippen molar-refractivity contribution >= 4 is 22.5 Å². The summed E-state index contributed by atoms with van der Waals surface area (Å²) < 4.78 is 5.46. The van der Waals surface area contributed by atoms with Crippen LogP contribution in [0.4, 0.5) is 5.69 Å². The van der Waals surface area contributed by atoms with E-state index < -0.39 is 0 Å². The second-order valence-electron chi connectivity index (χ2n) is 9.62. The summed E-state index contributed by atoms with van der Waals surface area (Å²) in [4.78, 5) is 20.1. The highest BCUT2D eigenvalue weighted by atomic mass is 16.5. The number of carbonyl (C=O) groups excluding carboxylic acids is 1. The van der Waals surface area contributed by atoms with Crippen LogP contribution in [0.1, 0.15) is 27.2 Å². The number of rotatable bonds is 7. The van der Waals surface area contributed by atoms with Crippen molar-refractivity contribution in [3.05, 3.63) is 114 Å². The van der Waals surface area contributed by atoms with Gasteiger partial charge in [-0.25, -0.2) is 0 Å². The lowest BCUT2D eigenvalue weighted by Gasteiger charge is -2.26. The second kappa shape index (κ2) is 11.0. The number of amides is 1. The van der Waals surface area contributed by atoms with Gasteiger partial charge in [-0.1, -0.05) is 48.5 Å². The minimum absolute atomic E-state index is 0.246. The van der Waals surface area contributed by atoms with Gasteiger partial charge in [0.15, 0.2) is 5.69 Å². The molecular formula is C31H29N5O2. The molecule has 1 aliphatic heterocycles. The summed E-state index contributed by atoms with van der Waals surface area (Å²) in [6, 6.07) is 26.4. The fourth-order valence-electron chi connectivity index (χ4n) is 4.90. The molecule has 0 bridgehead atoms. The van der Waals surface area contributed by atoms with Crippen LogP contribution < -0.4 is 5.32 Å². The first-order valence-electron chi connectivity index (χ1n) is 12.9. The van der Waals surface area contributed by atoms with Gasteiger partial charge >= 0.3 is 0 Å². The SMILES string of the molecule is O=C(Nc1cccc(Cc2ccccc2)c1)c1n[nH]c2ccc(-c3cncc(CN4CCOCC4)c3)cc12. The Labute approximate surface area is 221 Å². The number of aromatic amines is 1. The first kappa shape index (κ1) is 24.0. The number of hydrogen-bond donors (Lipinski definition) is 2. The lowest BCUT2D eigenvalue weighted by molar-refractivity contribution is 0.0341. The molecule has 2 aromatic heterocycles. The zero-order valence-corrected chi connectivity index (χ0v) is 21.1. The van der Waals surface area contributed by atoms with E-state index in [2.05, 4.69) is 49.7 Å². The standard InChI is InChI=1S/C31H29N5O2/c37-31(33-27-8-4-7-23(17-27)15-22-5-2-1-3-6-22)30-28-18-25(9-10-29(28)34-35-30)26-16-24(19-32-20-26)21-36-11-13-38-14-12-36/h1-10,16-20H,11-15,21H2,(H,33,37)(H,34,35). The highest BCUT2D eigenvalue weighted by Crippen LogP contribution is 2.27. The van der Waals surface area contributed by atoms with E-state index in [0.29, 0.717) is 5.69 Å². The van der Waals surface area contributed by atoms with Gasteiger partial charge in [0.2, 0.25) is 0 Å². The lowest BCUT2D eigenvalue weighted by atomic mass is 10.0. The van der Waals surface area contributed by atoms with Crippen LogP contribution in [-0.2, 0) is 17.7 Å². The molecular weight excluding hydrogens is 474 g/mol. The van der Waals surface area contributed by atoms with Crippen LogP contribution in [0.3, 0.4) is 0 Å². The molecule has 1 amide bonds. The molecule has 190 valence electrons. The summed E-state index contributed by atoms with van der Waals surface area (Å²) in [6.07, 6.45) is 4.58. The van der Waals surface area contributed by atoms with Crippen molar-refractivity contribution in [2.24, 2.45) is 0 Å². The molecule has 6 rings (SSSR count). The Bertz CT molecular complexity index is 1560. The molecule has 7 nitrogen and oxygen atoms in total. The number of morpholine rings is 1. The van der Waals surface area contributed by atoms with Gasteiger partial charge in [0.1, 0.15) is 0 Å². The minimum atomic E-state index is -0.246. The maximum absolute atomic E-state index is 13.3. The lowest BCUT2D eigenvalue weighted by Crippen LogP contribution is -2.35. The first-order valence-corrected chi connectivity index (χ1v) is 12.9. The van der Waals surface area contributed by atoms with Crippen molar-refractivity contribution in [2.45, 2.75) is 13.0 Å². The number of carbonyl (C=O) groups is 1. The van der Waals surface area contributed by atoms with E-state index in [9.17, 15) is 4.79 Å². The third-order valence-corrected chi connectivity index (χ3v) is 6.85. The zero-order valence-electron chi connectivity index (χ0n) is 21.1. The molecule has 2 N–H and O–H groups in total. The van der Waals surface area contributed by atoms with Gasteiger partial charge in [-0.05, 0) is 59.0 Å². The molecule has 1 fully saturated rings. The Kier molecular flexibility index (Phi) is 6.93. The first-order chi connectivity index (χ1) is 18.7. The number of nitrogens with one attached hydrogen (secondary N) is 2. The van der Waals surface area contributed by atoms with E-state index in [0.717, 1.165) is 78.1 Å². The van der Waals surface area contributed by atoms with Crippen LogP contribution in [0.5, 0.6) is 0 Å². The quantitative estimate of drug-likeness (QED) is 0.315. The number of benzene rings is 3. The Morgan fingerprint density at radius 1 is 0.868 bits per heavy atom. The number of ether oxygens (including phenoxy) is 1. The Morgan fingerprint density at radius 3 is 2.58 bits per heavy atom. The molecule has 3 aromatic carbocycles. The van der Waals surface area contributed by atoms with Gasteiger partial charge in [0, 0.05) is 48.7 Å².